The lowest BCUT2D eigenvalue weighted by Gasteiger charge is -2.26. The van der Waals surface area contributed by atoms with Crippen molar-refractivity contribution in [1.29, 1.82) is 0 Å². The number of thioether (sulfide) groups is 1. The zero-order chi connectivity index (χ0) is 12.3. The molecule has 0 amide bonds. The summed E-state index contributed by atoms with van der Waals surface area (Å²) in [6.45, 7) is 0. The zero-order valence-corrected chi connectivity index (χ0v) is 11.1. The number of nitrogens with two attached hydrogens (primary N) is 1. The van der Waals surface area contributed by atoms with Gasteiger partial charge in [0, 0.05) is 17.3 Å². The van der Waals surface area contributed by atoms with Gasteiger partial charge >= 0.3 is 5.97 Å². The summed E-state index contributed by atoms with van der Waals surface area (Å²) in [5, 5.41) is 11.1. The van der Waals surface area contributed by atoms with Gasteiger partial charge in [-0.3, -0.25) is 4.79 Å². The first-order valence-corrected chi connectivity index (χ1v) is 7.54. The minimum absolute atomic E-state index is 0.104. The second-order valence-corrected chi connectivity index (χ2v) is 6.61. The number of nitrogens with zero attached hydrogens (tertiary/aromatic N) is 1. The smallest absolute Gasteiger partial charge is 0.323 e. The first kappa shape index (κ1) is 12.9. The molecule has 0 aromatic carbocycles. The predicted molar refractivity (Wildman–Crippen MR) is 69.4 cm³/mol. The Bertz CT molecular complexity index is 383. The number of hydrogen-bond acceptors (Lipinski definition) is 5. The molecule has 2 rings (SSSR count). The molecule has 1 aromatic rings. The Hall–Kier alpha value is -0.590. The van der Waals surface area contributed by atoms with E-state index in [0.29, 0.717) is 6.42 Å². The van der Waals surface area contributed by atoms with Gasteiger partial charge in [-0.2, -0.15) is 0 Å². The van der Waals surface area contributed by atoms with Crippen LogP contribution in [0.2, 0.25) is 0 Å². The number of aromatic nitrogens is 1. The molecule has 2 atom stereocenters. The highest BCUT2D eigenvalue weighted by molar-refractivity contribution is 8.00. The largest absolute Gasteiger partial charge is 0.480 e. The third kappa shape index (κ3) is 2.81. The number of thiazole rings is 1. The van der Waals surface area contributed by atoms with E-state index in [0.717, 1.165) is 29.4 Å². The predicted octanol–water partition coefficient (Wildman–Crippen LogP) is 2.21. The van der Waals surface area contributed by atoms with E-state index in [1.165, 1.54) is 0 Å². The number of carboxylic acids is 1. The Morgan fingerprint density at radius 3 is 3.24 bits per heavy atom. The van der Waals surface area contributed by atoms with Crippen molar-refractivity contribution in [2.45, 2.75) is 35.6 Å². The Morgan fingerprint density at radius 1 is 1.76 bits per heavy atom. The normalized spacial score (nSPS) is 28.4. The van der Waals surface area contributed by atoms with Gasteiger partial charge in [0.05, 0.1) is 0 Å². The molecule has 4 nitrogen and oxygen atoms in total. The SMILES string of the molecule is NC1(C(=O)O)CCCC1CCSc1nccs1. The number of rotatable bonds is 5. The average molecular weight is 272 g/mol. The standard InChI is InChI=1S/C11H16N2O2S2/c12-11(9(14)15)4-1-2-8(11)3-6-16-10-13-5-7-17-10/h5,7-8H,1-4,6,12H2,(H,14,15). The van der Waals surface area contributed by atoms with Crippen molar-refractivity contribution in [3.05, 3.63) is 11.6 Å². The zero-order valence-electron chi connectivity index (χ0n) is 9.46. The molecule has 1 aliphatic rings. The van der Waals surface area contributed by atoms with E-state index in [-0.39, 0.29) is 5.92 Å². The summed E-state index contributed by atoms with van der Waals surface area (Å²) in [5.74, 6) is 0.149. The van der Waals surface area contributed by atoms with Gasteiger partial charge in [0.1, 0.15) is 9.88 Å². The molecule has 1 heterocycles. The van der Waals surface area contributed by atoms with Crippen LogP contribution in [0.1, 0.15) is 25.7 Å². The van der Waals surface area contributed by atoms with Gasteiger partial charge in [0.2, 0.25) is 0 Å². The number of aliphatic carboxylic acids is 1. The van der Waals surface area contributed by atoms with Crippen LogP contribution in [-0.2, 0) is 4.79 Å². The number of carboxylic acid groups (broad SMARTS) is 1. The molecule has 3 N–H and O–H groups in total. The molecule has 0 bridgehead atoms. The van der Waals surface area contributed by atoms with Crippen LogP contribution < -0.4 is 5.73 Å². The van der Waals surface area contributed by atoms with E-state index in [9.17, 15) is 9.90 Å². The minimum atomic E-state index is -0.997. The third-order valence-electron chi connectivity index (χ3n) is 3.37. The average Bonchev–Trinajstić information content (AvgIpc) is 2.90. The summed E-state index contributed by atoms with van der Waals surface area (Å²) in [6.07, 6.45) is 5.10. The van der Waals surface area contributed by atoms with Crippen LogP contribution in [0.4, 0.5) is 0 Å². The lowest BCUT2D eigenvalue weighted by atomic mass is 9.86. The minimum Gasteiger partial charge on any atom is -0.480 e. The molecule has 1 aliphatic carbocycles. The first-order valence-electron chi connectivity index (χ1n) is 5.67. The summed E-state index contributed by atoms with van der Waals surface area (Å²) in [4.78, 5) is 15.4. The fraction of sp³-hybridized carbons (Fsp3) is 0.636. The molecule has 94 valence electrons. The van der Waals surface area contributed by atoms with E-state index in [2.05, 4.69) is 4.98 Å². The second kappa shape index (κ2) is 5.37. The highest BCUT2D eigenvalue weighted by Gasteiger charge is 2.45. The van der Waals surface area contributed by atoms with Gasteiger partial charge in [-0.1, -0.05) is 18.2 Å². The molecular weight excluding hydrogens is 256 g/mol. The fourth-order valence-corrected chi connectivity index (χ4v) is 4.12. The molecule has 1 fully saturated rings. The number of carbonyl (C=O) groups is 1. The molecule has 0 radical (unpaired) electrons. The molecule has 1 saturated carbocycles. The maximum Gasteiger partial charge on any atom is 0.323 e. The summed E-state index contributed by atoms with van der Waals surface area (Å²) in [6, 6.07) is 0. The molecule has 2 unspecified atom stereocenters. The quantitative estimate of drug-likeness (QED) is 0.804. The summed E-state index contributed by atoms with van der Waals surface area (Å²) in [5.41, 5.74) is 4.99. The van der Waals surface area contributed by atoms with Gasteiger partial charge in [0.25, 0.3) is 0 Å². The van der Waals surface area contributed by atoms with Gasteiger partial charge in [-0.25, -0.2) is 4.98 Å². The summed E-state index contributed by atoms with van der Waals surface area (Å²) < 4.78 is 1.04. The maximum absolute atomic E-state index is 11.2. The van der Waals surface area contributed by atoms with Gasteiger partial charge in [-0.05, 0) is 25.2 Å². The topological polar surface area (TPSA) is 76.2 Å². The fourth-order valence-electron chi connectivity index (χ4n) is 2.36. The van der Waals surface area contributed by atoms with Crippen LogP contribution in [0, 0.1) is 5.92 Å². The second-order valence-electron chi connectivity index (χ2n) is 4.37. The van der Waals surface area contributed by atoms with Crippen molar-refractivity contribution in [2.24, 2.45) is 11.7 Å². The van der Waals surface area contributed by atoms with Crippen LogP contribution in [0.3, 0.4) is 0 Å². The van der Waals surface area contributed by atoms with Crippen molar-refractivity contribution in [3.8, 4) is 0 Å². The van der Waals surface area contributed by atoms with E-state index >= 15 is 0 Å². The molecular formula is C11H16N2O2S2. The van der Waals surface area contributed by atoms with Crippen molar-refractivity contribution in [3.63, 3.8) is 0 Å². The molecule has 0 aliphatic heterocycles. The summed E-state index contributed by atoms with van der Waals surface area (Å²) >= 11 is 3.30. The molecule has 0 saturated heterocycles. The Balaban J connectivity index is 1.84. The van der Waals surface area contributed by atoms with Crippen LogP contribution in [0.15, 0.2) is 15.9 Å². The van der Waals surface area contributed by atoms with E-state index in [1.54, 1.807) is 29.3 Å². The highest BCUT2D eigenvalue weighted by atomic mass is 32.2. The van der Waals surface area contributed by atoms with Crippen LogP contribution in [0.5, 0.6) is 0 Å². The first-order chi connectivity index (χ1) is 8.13. The molecule has 0 spiro atoms. The maximum atomic E-state index is 11.2. The Kier molecular flexibility index (Phi) is 4.06. The van der Waals surface area contributed by atoms with E-state index in [1.807, 2.05) is 5.38 Å². The van der Waals surface area contributed by atoms with Crippen LogP contribution in [0.25, 0.3) is 0 Å². The van der Waals surface area contributed by atoms with E-state index < -0.39 is 11.5 Å². The van der Waals surface area contributed by atoms with Gasteiger partial charge in [0.15, 0.2) is 0 Å². The lowest BCUT2D eigenvalue weighted by molar-refractivity contribution is -0.144. The van der Waals surface area contributed by atoms with Crippen molar-refractivity contribution >= 4 is 29.1 Å². The monoisotopic (exact) mass is 272 g/mol. The highest BCUT2D eigenvalue weighted by Crippen LogP contribution is 2.37. The van der Waals surface area contributed by atoms with Crippen molar-refractivity contribution in [1.82, 2.24) is 4.98 Å². The van der Waals surface area contributed by atoms with Crippen molar-refractivity contribution < 1.29 is 9.90 Å². The molecule has 1 aromatic heterocycles. The lowest BCUT2D eigenvalue weighted by Crippen LogP contribution is -2.51. The van der Waals surface area contributed by atoms with Crippen LogP contribution in [-0.4, -0.2) is 27.4 Å². The van der Waals surface area contributed by atoms with Crippen LogP contribution >= 0.6 is 23.1 Å². The Morgan fingerprint density at radius 2 is 2.59 bits per heavy atom. The van der Waals surface area contributed by atoms with Crippen molar-refractivity contribution in [2.75, 3.05) is 5.75 Å². The van der Waals surface area contributed by atoms with Gasteiger partial charge < -0.3 is 10.8 Å². The number of hydrogen-bond donors (Lipinski definition) is 2. The molecule has 6 heteroatoms. The molecule has 17 heavy (non-hydrogen) atoms. The van der Waals surface area contributed by atoms with E-state index in [4.69, 9.17) is 5.73 Å². The van der Waals surface area contributed by atoms with Gasteiger partial charge in [-0.15, -0.1) is 11.3 Å². The summed E-state index contributed by atoms with van der Waals surface area (Å²) in [7, 11) is 0. The third-order valence-corrected chi connectivity index (χ3v) is 5.37. The Labute approximate surface area is 109 Å².